The van der Waals surface area contributed by atoms with Crippen molar-refractivity contribution in [3.63, 3.8) is 0 Å². The van der Waals surface area contributed by atoms with Gasteiger partial charge < -0.3 is 9.30 Å². The second-order valence-corrected chi connectivity index (χ2v) is 5.66. The minimum absolute atomic E-state index is 0.112. The first-order valence-corrected chi connectivity index (χ1v) is 7.26. The summed E-state index contributed by atoms with van der Waals surface area (Å²) in [5.41, 5.74) is 1.83. The fourth-order valence-corrected chi connectivity index (χ4v) is 2.81. The first-order valence-electron chi connectivity index (χ1n) is 6.82. The average molecular weight is 280 g/mol. The van der Waals surface area contributed by atoms with Gasteiger partial charge in [-0.25, -0.2) is 9.97 Å². The highest BCUT2D eigenvalue weighted by atomic mass is 35.5. The van der Waals surface area contributed by atoms with Crippen LogP contribution in [0.1, 0.15) is 37.4 Å². The molecule has 1 saturated heterocycles. The van der Waals surface area contributed by atoms with Gasteiger partial charge in [-0.1, -0.05) is 0 Å². The molecule has 0 amide bonds. The van der Waals surface area contributed by atoms with Crippen molar-refractivity contribution in [2.45, 2.75) is 44.2 Å². The Hall–Kier alpha value is -1.13. The lowest BCUT2D eigenvalue weighted by Crippen LogP contribution is -2.12. The smallest absolute Gasteiger partial charge is 0.160 e. The fraction of sp³-hybridized carbons (Fsp3) is 0.571. The first kappa shape index (κ1) is 12.9. The lowest BCUT2D eigenvalue weighted by atomic mass is 10.2. The summed E-state index contributed by atoms with van der Waals surface area (Å²) in [6.45, 7) is 3.71. The normalized spacial score (nSPS) is 21.1. The van der Waals surface area contributed by atoms with Crippen LogP contribution in [0.4, 0.5) is 0 Å². The first-order chi connectivity index (χ1) is 9.25. The predicted octanol–water partition coefficient (Wildman–Crippen LogP) is 3.30. The molecule has 0 aromatic carbocycles. The number of alkyl halides is 1. The van der Waals surface area contributed by atoms with Gasteiger partial charge in [0.15, 0.2) is 5.65 Å². The van der Waals surface area contributed by atoms with Crippen LogP contribution in [0.3, 0.4) is 0 Å². The Morgan fingerprint density at radius 1 is 1.58 bits per heavy atom. The summed E-state index contributed by atoms with van der Waals surface area (Å²) in [6, 6.07) is 3.89. The van der Waals surface area contributed by atoms with Gasteiger partial charge in [0.1, 0.15) is 11.3 Å². The highest BCUT2D eigenvalue weighted by molar-refractivity contribution is 6.20. The number of imidazole rings is 1. The van der Waals surface area contributed by atoms with Crippen LogP contribution in [0.5, 0.6) is 0 Å². The van der Waals surface area contributed by atoms with Gasteiger partial charge in [-0.3, -0.25) is 0 Å². The van der Waals surface area contributed by atoms with Crippen molar-refractivity contribution in [3.05, 3.63) is 24.2 Å². The summed E-state index contributed by atoms with van der Waals surface area (Å²) in [5, 5.41) is -0.112. The molecule has 1 aliphatic rings. The summed E-state index contributed by atoms with van der Waals surface area (Å²) < 4.78 is 7.81. The van der Waals surface area contributed by atoms with Gasteiger partial charge >= 0.3 is 0 Å². The molecular weight excluding hydrogens is 262 g/mol. The van der Waals surface area contributed by atoms with Crippen LogP contribution in [0, 0.1) is 0 Å². The number of halogens is 1. The minimum atomic E-state index is -0.112. The van der Waals surface area contributed by atoms with Crippen molar-refractivity contribution in [2.24, 2.45) is 0 Å². The molecule has 5 heteroatoms. The van der Waals surface area contributed by atoms with E-state index in [-0.39, 0.29) is 5.38 Å². The van der Waals surface area contributed by atoms with Crippen molar-refractivity contribution in [1.82, 2.24) is 14.5 Å². The van der Waals surface area contributed by atoms with Crippen molar-refractivity contribution in [1.29, 1.82) is 0 Å². The van der Waals surface area contributed by atoms with E-state index in [9.17, 15) is 0 Å². The zero-order valence-corrected chi connectivity index (χ0v) is 11.8. The van der Waals surface area contributed by atoms with Crippen LogP contribution in [-0.4, -0.2) is 27.2 Å². The van der Waals surface area contributed by atoms with Crippen molar-refractivity contribution in [3.8, 4) is 0 Å². The largest absolute Gasteiger partial charge is 0.378 e. The Labute approximate surface area is 117 Å². The van der Waals surface area contributed by atoms with E-state index in [1.54, 1.807) is 6.20 Å². The Bertz CT molecular complexity index is 561. The van der Waals surface area contributed by atoms with Crippen LogP contribution in [-0.2, 0) is 11.3 Å². The van der Waals surface area contributed by atoms with Gasteiger partial charge in [-0.15, -0.1) is 11.6 Å². The number of fused-ring (bicyclic) bond motifs is 1. The van der Waals surface area contributed by atoms with Gasteiger partial charge in [0.2, 0.25) is 0 Å². The molecule has 0 spiro atoms. The zero-order chi connectivity index (χ0) is 13.2. The van der Waals surface area contributed by atoms with E-state index in [1.807, 2.05) is 19.1 Å². The Morgan fingerprint density at radius 2 is 2.47 bits per heavy atom. The lowest BCUT2D eigenvalue weighted by Gasteiger charge is -2.13. The van der Waals surface area contributed by atoms with E-state index in [0.717, 1.165) is 43.0 Å². The van der Waals surface area contributed by atoms with Gasteiger partial charge in [0, 0.05) is 19.3 Å². The molecule has 2 unspecified atom stereocenters. The predicted molar refractivity (Wildman–Crippen MR) is 75.4 cm³/mol. The number of ether oxygens (including phenoxy) is 1. The molecule has 3 heterocycles. The average Bonchev–Trinajstić information content (AvgIpc) is 3.03. The third-order valence-electron chi connectivity index (χ3n) is 3.59. The molecule has 19 heavy (non-hydrogen) atoms. The number of aryl methyl sites for hydroxylation is 1. The zero-order valence-electron chi connectivity index (χ0n) is 11.1. The molecule has 0 bridgehead atoms. The van der Waals surface area contributed by atoms with Gasteiger partial charge in [0.25, 0.3) is 0 Å². The monoisotopic (exact) mass is 279 g/mol. The molecule has 0 N–H and O–H groups in total. The molecule has 0 saturated carbocycles. The van der Waals surface area contributed by atoms with E-state index in [2.05, 4.69) is 14.5 Å². The topological polar surface area (TPSA) is 39.9 Å². The molecule has 102 valence electrons. The molecule has 0 radical (unpaired) electrons. The summed E-state index contributed by atoms with van der Waals surface area (Å²) in [6.07, 6.45) is 5.51. The van der Waals surface area contributed by atoms with Crippen molar-refractivity contribution in [2.75, 3.05) is 6.61 Å². The fourth-order valence-electron chi connectivity index (χ4n) is 2.65. The SMILES string of the molecule is CC(Cl)c1nc2cccnc2n1CCC1CCCO1. The van der Waals surface area contributed by atoms with E-state index in [1.165, 1.54) is 6.42 Å². The number of pyridine rings is 1. The second-order valence-electron chi connectivity index (χ2n) is 5.01. The number of hydrogen-bond acceptors (Lipinski definition) is 3. The molecular formula is C14H18ClN3O. The van der Waals surface area contributed by atoms with Crippen LogP contribution < -0.4 is 0 Å². The molecule has 2 aromatic rings. The van der Waals surface area contributed by atoms with Gasteiger partial charge in [-0.05, 0) is 38.3 Å². The Morgan fingerprint density at radius 3 is 3.21 bits per heavy atom. The quantitative estimate of drug-likeness (QED) is 0.806. The number of nitrogens with zero attached hydrogens (tertiary/aromatic N) is 3. The van der Waals surface area contributed by atoms with Crippen molar-refractivity contribution >= 4 is 22.8 Å². The lowest BCUT2D eigenvalue weighted by molar-refractivity contribution is 0.100. The molecule has 2 atom stereocenters. The summed E-state index contributed by atoms with van der Waals surface area (Å²) in [7, 11) is 0. The van der Waals surface area contributed by atoms with Crippen LogP contribution >= 0.6 is 11.6 Å². The number of aromatic nitrogens is 3. The second kappa shape index (κ2) is 5.47. The van der Waals surface area contributed by atoms with E-state index in [0.29, 0.717) is 6.10 Å². The molecule has 1 fully saturated rings. The maximum atomic E-state index is 6.23. The molecule has 4 nitrogen and oxygen atoms in total. The minimum Gasteiger partial charge on any atom is -0.378 e. The van der Waals surface area contributed by atoms with Gasteiger partial charge in [0.05, 0.1) is 11.5 Å². The summed E-state index contributed by atoms with van der Waals surface area (Å²) in [4.78, 5) is 9.02. The van der Waals surface area contributed by atoms with Crippen LogP contribution in [0.2, 0.25) is 0 Å². The molecule has 0 aliphatic carbocycles. The highest BCUT2D eigenvalue weighted by Gasteiger charge is 2.19. The third-order valence-corrected chi connectivity index (χ3v) is 3.78. The van der Waals surface area contributed by atoms with Crippen LogP contribution in [0.15, 0.2) is 18.3 Å². The third kappa shape index (κ3) is 2.60. The molecule has 2 aromatic heterocycles. The van der Waals surface area contributed by atoms with Crippen LogP contribution in [0.25, 0.3) is 11.2 Å². The molecule has 3 rings (SSSR count). The maximum Gasteiger partial charge on any atom is 0.160 e. The van der Waals surface area contributed by atoms with Gasteiger partial charge in [-0.2, -0.15) is 0 Å². The van der Waals surface area contributed by atoms with E-state index >= 15 is 0 Å². The standard InChI is InChI=1S/C14H18ClN3O/c1-10(15)13-17-12-5-2-7-16-14(12)18(13)8-6-11-4-3-9-19-11/h2,5,7,10-11H,3-4,6,8-9H2,1H3. The summed E-state index contributed by atoms with van der Waals surface area (Å²) >= 11 is 6.23. The highest BCUT2D eigenvalue weighted by Crippen LogP contribution is 2.25. The molecule has 1 aliphatic heterocycles. The van der Waals surface area contributed by atoms with Crippen molar-refractivity contribution < 1.29 is 4.74 Å². The van der Waals surface area contributed by atoms with E-state index < -0.39 is 0 Å². The maximum absolute atomic E-state index is 6.23. The number of hydrogen-bond donors (Lipinski definition) is 0. The van der Waals surface area contributed by atoms with E-state index in [4.69, 9.17) is 16.3 Å². The summed E-state index contributed by atoms with van der Waals surface area (Å²) in [5.74, 6) is 0.897. The Kier molecular flexibility index (Phi) is 3.71. The Balaban J connectivity index is 1.88. The number of rotatable bonds is 4.